The van der Waals surface area contributed by atoms with Gasteiger partial charge in [0.25, 0.3) is 0 Å². The first-order valence-electron chi connectivity index (χ1n) is 3.63. The molecule has 1 heterocycles. The number of hydrogen-bond donors (Lipinski definition) is 2. The van der Waals surface area contributed by atoms with Gasteiger partial charge in [-0.1, -0.05) is 0 Å². The molecule has 0 aromatic carbocycles. The van der Waals surface area contributed by atoms with Crippen LogP contribution < -0.4 is 10.6 Å². The Labute approximate surface area is 63.1 Å². The van der Waals surface area contributed by atoms with Gasteiger partial charge in [0.2, 0.25) is 0 Å². The van der Waals surface area contributed by atoms with E-state index in [1.54, 1.807) is 14.2 Å². The van der Waals surface area contributed by atoms with Gasteiger partial charge in [0, 0.05) is 26.8 Å². The van der Waals surface area contributed by atoms with Crippen LogP contribution in [0.1, 0.15) is 6.42 Å². The summed E-state index contributed by atoms with van der Waals surface area (Å²) in [6.07, 6.45) is 1.29. The van der Waals surface area contributed by atoms with Crippen LogP contribution in [0.4, 0.5) is 0 Å². The maximum absolute atomic E-state index is 4.25. The summed E-state index contributed by atoms with van der Waals surface area (Å²) < 4.78 is 4.25. The van der Waals surface area contributed by atoms with Crippen LogP contribution in [0.5, 0.6) is 0 Å². The molecular formula is C7H18N2O. The molecule has 1 saturated heterocycles. The molecule has 0 aromatic rings. The highest BCUT2D eigenvalue weighted by atomic mass is 16.4. The molecule has 1 fully saturated rings. The highest BCUT2D eigenvalue weighted by Crippen LogP contribution is 1.93. The molecule has 3 heteroatoms. The van der Waals surface area contributed by atoms with Gasteiger partial charge in [0.1, 0.15) is 0 Å². The molecule has 1 atom stereocenters. The Kier molecular flexibility index (Phi) is 6.91. The predicted octanol–water partition coefficient (Wildman–Crippen LogP) is -0.170. The second-order valence-corrected chi connectivity index (χ2v) is 2.39. The second kappa shape index (κ2) is 6.99. The van der Waals surface area contributed by atoms with Crippen molar-refractivity contribution in [1.29, 1.82) is 0 Å². The lowest BCUT2D eigenvalue weighted by atomic mass is 10.3. The smallest absolute Gasteiger partial charge is 0.0351 e. The number of hydrogen-bond acceptors (Lipinski definition) is 3. The molecule has 1 unspecified atom stereocenters. The minimum Gasteiger partial charge on any atom is -0.388 e. The lowest BCUT2D eigenvalue weighted by Crippen LogP contribution is -2.26. The van der Waals surface area contributed by atoms with E-state index < -0.39 is 0 Å². The van der Waals surface area contributed by atoms with E-state index in [2.05, 4.69) is 15.4 Å². The summed E-state index contributed by atoms with van der Waals surface area (Å²) in [5, 5.41) is 6.46. The van der Waals surface area contributed by atoms with Gasteiger partial charge in [-0.3, -0.25) is 0 Å². The fourth-order valence-corrected chi connectivity index (χ4v) is 0.901. The van der Waals surface area contributed by atoms with E-state index in [0.29, 0.717) is 0 Å². The largest absolute Gasteiger partial charge is 0.388 e. The Morgan fingerprint density at radius 3 is 2.30 bits per heavy atom. The van der Waals surface area contributed by atoms with E-state index in [1.165, 1.54) is 13.0 Å². The van der Waals surface area contributed by atoms with E-state index in [0.717, 1.165) is 12.6 Å². The van der Waals surface area contributed by atoms with Gasteiger partial charge >= 0.3 is 0 Å². The van der Waals surface area contributed by atoms with Crippen LogP contribution in [0.25, 0.3) is 0 Å². The maximum Gasteiger partial charge on any atom is 0.0351 e. The summed E-state index contributed by atoms with van der Waals surface area (Å²) in [4.78, 5) is 0. The van der Waals surface area contributed by atoms with Crippen molar-refractivity contribution in [3.05, 3.63) is 0 Å². The minimum atomic E-state index is 0.736. The summed E-state index contributed by atoms with van der Waals surface area (Å²) in [6, 6.07) is 0.736. The van der Waals surface area contributed by atoms with E-state index in [4.69, 9.17) is 0 Å². The van der Waals surface area contributed by atoms with Crippen molar-refractivity contribution in [1.82, 2.24) is 10.6 Å². The van der Waals surface area contributed by atoms with Crippen LogP contribution in [0.2, 0.25) is 0 Å². The number of rotatable bonds is 1. The summed E-state index contributed by atoms with van der Waals surface area (Å²) in [6.45, 7) is 2.34. The topological polar surface area (TPSA) is 33.3 Å². The van der Waals surface area contributed by atoms with Crippen molar-refractivity contribution in [2.45, 2.75) is 12.5 Å². The third-order valence-electron chi connectivity index (χ3n) is 1.47. The maximum atomic E-state index is 4.25. The standard InChI is InChI=1S/C5H12N2.C2H6O/c1-6-5-2-3-7-4-5;1-3-2/h5-7H,2-4H2,1H3;1-2H3. The van der Waals surface area contributed by atoms with Crippen molar-refractivity contribution in [2.75, 3.05) is 34.4 Å². The molecule has 1 aliphatic rings. The van der Waals surface area contributed by atoms with Gasteiger partial charge in [0.15, 0.2) is 0 Å². The normalized spacial score (nSPS) is 23.7. The highest BCUT2D eigenvalue weighted by molar-refractivity contribution is 4.74. The van der Waals surface area contributed by atoms with Crippen LogP contribution in [-0.4, -0.2) is 40.4 Å². The molecule has 2 N–H and O–H groups in total. The fourth-order valence-electron chi connectivity index (χ4n) is 0.901. The summed E-state index contributed by atoms with van der Waals surface area (Å²) in [7, 11) is 5.26. The minimum absolute atomic E-state index is 0.736. The second-order valence-electron chi connectivity index (χ2n) is 2.39. The van der Waals surface area contributed by atoms with Crippen LogP contribution in [0.15, 0.2) is 0 Å². The first-order chi connectivity index (χ1) is 4.85. The average molecular weight is 146 g/mol. The summed E-state index contributed by atoms with van der Waals surface area (Å²) in [5.41, 5.74) is 0. The number of ether oxygens (including phenoxy) is 1. The van der Waals surface area contributed by atoms with Gasteiger partial charge < -0.3 is 15.4 Å². The van der Waals surface area contributed by atoms with Gasteiger partial charge in [-0.15, -0.1) is 0 Å². The molecule has 3 nitrogen and oxygen atoms in total. The lowest BCUT2D eigenvalue weighted by Gasteiger charge is -2.02. The fraction of sp³-hybridized carbons (Fsp3) is 1.00. The van der Waals surface area contributed by atoms with Crippen LogP contribution in [-0.2, 0) is 4.74 Å². The monoisotopic (exact) mass is 146 g/mol. The summed E-state index contributed by atoms with van der Waals surface area (Å²) in [5.74, 6) is 0. The van der Waals surface area contributed by atoms with Crippen LogP contribution >= 0.6 is 0 Å². The first kappa shape index (κ1) is 9.88. The molecule has 1 rings (SSSR count). The highest BCUT2D eigenvalue weighted by Gasteiger charge is 2.09. The third-order valence-corrected chi connectivity index (χ3v) is 1.47. The number of likely N-dealkylation sites (N-methyl/N-ethyl adjacent to an activating group) is 1. The first-order valence-corrected chi connectivity index (χ1v) is 3.63. The van der Waals surface area contributed by atoms with Crippen molar-refractivity contribution >= 4 is 0 Å². The number of nitrogens with one attached hydrogen (secondary N) is 2. The molecule has 0 radical (unpaired) electrons. The van der Waals surface area contributed by atoms with Gasteiger partial charge in [-0.05, 0) is 20.0 Å². The summed E-state index contributed by atoms with van der Waals surface area (Å²) >= 11 is 0. The molecular weight excluding hydrogens is 128 g/mol. The van der Waals surface area contributed by atoms with Crippen LogP contribution in [0.3, 0.4) is 0 Å². The van der Waals surface area contributed by atoms with Gasteiger partial charge in [-0.25, -0.2) is 0 Å². The van der Waals surface area contributed by atoms with Crippen molar-refractivity contribution in [3.63, 3.8) is 0 Å². The quantitative estimate of drug-likeness (QED) is 0.539. The average Bonchev–Trinajstić information content (AvgIpc) is 2.39. The molecule has 62 valence electrons. The molecule has 0 spiro atoms. The van der Waals surface area contributed by atoms with Crippen molar-refractivity contribution in [2.24, 2.45) is 0 Å². The third kappa shape index (κ3) is 4.73. The molecule has 0 amide bonds. The molecule has 0 bridgehead atoms. The van der Waals surface area contributed by atoms with E-state index in [9.17, 15) is 0 Å². The van der Waals surface area contributed by atoms with E-state index >= 15 is 0 Å². The number of methoxy groups -OCH3 is 1. The zero-order valence-electron chi connectivity index (χ0n) is 7.11. The van der Waals surface area contributed by atoms with Crippen molar-refractivity contribution < 1.29 is 4.74 Å². The zero-order valence-corrected chi connectivity index (χ0v) is 7.11. The van der Waals surface area contributed by atoms with Gasteiger partial charge in [-0.2, -0.15) is 0 Å². The van der Waals surface area contributed by atoms with E-state index in [-0.39, 0.29) is 0 Å². The molecule has 0 aliphatic carbocycles. The Morgan fingerprint density at radius 1 is 1.50 bits per heavy atom. The Hall–Kier alpha value is -0.120. The Morgan fingerprint density at radius 2 is 2.10 bits per heavy atom. The van der Waals surface area contributed by atoms with Crippen molar-refractivity contribution in [3.8, 4) is 0 Å². The SMILES string of the molecule is CNC1CCNC1.COC. The molecule has 10 heavy (non-hydrogen) atoms. The predicted molar refractivity (Wildman–Crippen MR) is 43.3 cm³/mol. The van der Waals surface area contributed by atoms with E-state index in [1.807, 2.05) is 7.05 Å². The Balaban J connectivity index is 0.000000236. The zero-order chi connectivity index (χ0) is 7.82. The van der Waals surface area contributed by atoms with Crippen LogP contribution in [0, 0.1) is 0 Å². The molecule has 0 aromatic heterocycles. The van der Waals surface area contributed by atoms with Gasteiger partial charge in [0.05, 0.1) is 0 Å². The molecule has 0 saturated carbocycles. The lowest BCUT2D eigenvalue weighted by molar-refractivity contribution is 0.277. The Bertz CT molecular complexity index is 62.6. The molecule has 1 aliphatic heterocycles.